The Morgan fingerprint density at radius 3 is 1.48 bits per heavy atom. The van der Waals surface area contributed by atoms with E-state index in [0.29, 0.717) is 13.0 Å². The van der Waals surface area contributed by atoms with Crippen molar-refractivity contribution in [2.24, 2.45) is 0 Å². The molecule has 0 saturated carbocycles. The zero-order chi connectivity index (χ0) is 15.6. The van der Waals surface area contributed by atoms with Crippen LogP contribution in [-0.2, 0) is 9.53 Å². The van der Waals surface area contributed by atoms with Crippen LogP contribution in [0, 0.1) is 0 Å². The van der Waals surface area contributed by atoms with Crippen LogP contribution in [0.2, 0.25) is 0 Å². The smallest absolute Gasteiger partial charge is 0.305 e. The van der Waals surface area contributed by atoms with Gasteiger partial charge in [0.05, 0.1) is 6.61 Å². The van der Waals surface area contributed by atoms with Crippen LogP contribution in [0.1, 0.15) is 83.5 Å². The lowest BCUT2D eigenvalue weighted by molar-refractivity contribution is -0.144. The molecule has 0 saturated heterocycles. The van der Waals surface area contributed by atoms with E-state index in [1.165, 1.54) is 51.4 Å². The SMILES string of the molecule is O=C(CCCCCCCCCCCCCCO)OCCO. The van der Waals surface area contributed by atoms with Crippen molar-refractivity contribution in [1.29, 1.82) is 0 Å². The van der Waals surface area contributed by atoms with Crippen LogP contribution in [0.3, 0.4) is 0 Å². The van der Waals surface area contributed by atoms with E-state index in [1.54, 1.807) is 0 Å². The van der Waals surface area contributed by atoms with Gasteiger partial charge in [0.25, 0.3) is 0 Å². The minimum Gasteiger partial charge on any atom is -0.463 e. The molecule has 0 aromatic heterocycles. The van der Waals surface area contributed by atoms with E-state index in [1.807, 2.05) is 0 Å². The van der Waals surface area contributed by atoms with E-state index < -0.39 is 0 Å². The van der Waals surface area contributed by atoms with Crippen molar-refractivity contribution in [3.05, 3.63) is 0 Å². The fourth-order valence-electron chi connectivity index (χ4n) is 2.38. The summed E-state index contributed by atoms with van der Waals surface area (Å²) in [6.07, 6.45) is 14.9. The summed E-state index contributed by atoms with van der Waals surface area (Å²) in [6, 6.07) is 0. The maximum absolute atomic E-state index is 11.2. The number of aliphatic hydroxyl groups is 2. The maximum atomic E-state index is 11.2. The third-order valence-corrected chi connectivity index (χ3v) is 3.64. The number of rotatable bonds is 16. The van der Waals surface area contributed by atoms with Crippen molar-refractivity contribution in [2.45, 2.75) is 83.5 Å². The summed E-state index contributed by atoms with van der Waals surface area (Å²) >= 11 is 0. The number of unbranched alkanes of at least 4 members (excludes halogenated alkanes) is 11. The molecule has 0 unspecified atom stereocenters. The molecule has 126 valence electrons. The average Bonchev–Trinajstić information content (AvgIpc) is 2.49. The Bertz CT molecular complexity index is 219. The molecule has 0 radical (unpaired) electrons. The summed E-state index contributed by atoms with van der Waals surface area (Å²) in [4.78, 5) is 11.2. The van der Waals surface area contributed by atoms with Crippen LogP contribution in [0.4, 0.5) is 0 Å². The Morgan fingerprint density at radius 1 is 0.619 bits per heavy atom. The van der Waals surface area contributed by atoms with Crippen LogP contribution < -0.4 is 0 Å². The second-order valence-electron chi connectivity index (χ2n) is 5.66. The molecule has 0 aromatic rings. The molecule has 4 nitrogen and oxygen atoms in total. The lowest BCUT2D eigenvalue weighted by Gasteiger charge is -2.04. The van der Waals surface area contributed by atoms with Crippen molar-refractivity contribution in [3.8, 4) is 0 Å². The molecule has 0 amide bonds. The third kappa shape index (κ3) is 17.3. The van der Waals surface area contributed by atoms with Gasteiger partial charge in [-0.05, 0) is 12.8 Å². The van der Waals surface area contributed by atoms with Crippen molar-refractivity contribution >= 4 is 5.97 Å². The number of ether oxygens (including phenoxy) is 1. The minimum absolute atomic E-state index is 0.0901. The van der Waals surface area contributed by atoms with Gasteiger partial charge in [-0.3, -0.25) is 4.79 Å². The van der Waals surface area contributed by atoms with E-state index in [9.17, 15) is 4.79 Å². The van der Waals surface area contributed by atoms with Crippen molar-refractivity contribution in [2.75, 3.05) is 19.8 Å². The Balaban J connectivity index is 3.04. The lowest BCUT2D eigenvalue weighted by atomic mass is 10.0. The van der Waals surface area contributed by atoms with Crippen LogP contribution in [0.5, 0.6) is 0 Å². The Kier molecular flexibility index (Phi) is 16.9. The largest absolute Gasteiger partial charge is 0.463 e. The first-order valence-corrected chi connectivity index (χ1v) is 8.68. The zero-order valence-corrected chi connectivity index (χ0v) is 13.5. The van der Waals surface area contributed by atoms with Crippen LogP contribution in [-0.4, -0.2) is 36.0 Å². The maximum Gasteiger partial charge on any atom is 0.305 e. The van der Waals surface area contributed by atoms with Gasteiger partial charge in [0.2, 0.25) is 0 Å². The highest BCUT2D eigenvalue weighted by Gasteiger charge is 2.01. The molecule has 0 heterocycles. The van der Waals surface area contributed by atoms with Crippen LogP contribution >= 0.6 is 0 Å². The first kappa shape index (κ1) is 20.4. The number of aliphatic hydroxyl groups excluding tert-OH is 2. The summed E-state index contributed by atoms with van der Waals surface area (Å²) in [5.74, 6) is -0.190. The van der Waals surface area contributed by atoms with Gasteiger partial charge >= 0.3 is 5.97 Å². The van der Waals surface area contributed by atoms with Crippen molar-refractivity contribution in [1.82, 2.24) is 0 Å². The van der Waals surface area contributed by atoms with E-state index in [4.69, 9.17) is 14.9 Å². The summed E-state index contributed by atoms with van der Waals surface area (Å²) in [6.45, 7) is 0.366. The summed E-state index contributed by atoms with van der Waals surface area (Å²) in [5, 5.41) is 17.2. The van der Waals surface area contributed by atoms with E-state index >= 15 is 0 Å². The molecule has 0 aliphatic rings. The molecule has 21 heavy (non-hydrogen) atoms. The van der Waals surface area contributed by atoms with Gasteiger partial charge in [-0.2, -0.15) is 0 Å². The topological polar surface area (TPSA) is 66.8 Å². The first-order chi connectivity index (χ1) is 10.3. The summed E-state index contributed by atoms with van der Waals surface area (Å²) < 4.78 is 4.80. The summed E-state index contributed by atoms with van der Waals surface area (Å²) in [5.41, 5.74) is 0. The zero-order valence-electron chi connectivity index (χ0n) is 13.5. The molecule has 4 heteroatoms. The van der Waals surface area contributed by atoms with Crippen molar-refractivity contribution < 1.29 is 19.7 Å². The van der Waals surface area contributed by atoms with Gasteiger partial charge in [-0.15, -0.1) is 0 Å². The average molecular weight is 302 g/mol. The van der Waals surface area contributed by atoms with E-state index in [0.717, 1.165) is 25.7 Å². The minimum atomic E-state index is -0.190. The molecule has 0 bridgehead atoms. The number of carbonyl (C=O) groups is 1. The van der Waals surface area contributed by atoms with Gasteiger partial charge in [-0.25, -0.2) is 0 Å². The predicted octanol–water partition coefficient (Wildman–Crippen LogP) is 3.59. The summed E-state index contributed by atoms with van der Waals surface area (Å²) in [7, 11) is 0. The molecular weight excluding hydrogens is 268 g/mol. The highest BCUT2D eigenvalue weighted by molar-refractivity contribution is 5.69. The second-order valence-corrected chi connectivity index (χ2v) is 5.66. The Hall–Kier alpha value is -0.610. The number of carbonyl (C=O) groups excluding carboxylic acids is 1. The molecule has 0 aliphatic heterocycles. The van der Waals surface area contributed by atoms with Crippen LogP contribution in [0.25, 0.3) is 0 Å². The first-order valence-electron chi connectivity index (χ1n) is 8.68. The standard InChI is InChI=1S/C17H34O4/c18-14-12-10-8-6-4-2-1-3-5-7-9-11-13-17(20)21-16-15-19/h18-19H,1-16H2. The predicted molar refractivity (Wildman–Crippen MR) is 85.2 cm³/mol. The molecule has 2 N–H and O–H groups in total. The van der Waals surface area contributed by atoms with E-state index in [-0.39, 0.29) is 19.2 Å². The number of esters is 1. The highest BCUT2D eigenvalue weighted by Crippen LogP contribution is 2.12. The quantitative estimate of drug-likeness (QED) is 0.338. The van der Waals surface area contributed by atoms with Gasteiger partial charge in [0.15, 0.2) is 0 Å². The second kappa shape index (κ2) is 17.4. The van der Waals surface area contributed by atoms with Gasteiger partial charge < -0.3 is 14.9 Å². The monoisotopic (exact) mass is 302 g/mol. The number of hydrogen-bond acceptors (Lipinski definition) is 4. The lowest BCUT2D eigenvalue weighted by Crippen LogP contribution is -2.07. The molecule has 0 aliphatic carbocycles. The molecule has 0 atom stereocenters. The van der Waals surface area contributed by atoms with E-state index in [2.05, 4.69) is 0 Å². The molecule has 0 spiro atoms. The van der Waals surface area contributed by atoms with Crippen molar-refractivity contribution in [3.63, 3.8) is 0 Å². The number of hydrogen-bond donors (Lipinski definition) is 2. The van der Waals surface area contributed by atoms with Gasteiger partial charge in [0, 0.05) is 13.0 Å². The highest BCUT2D eigenvalue weighted by atomic mass is 16.5. The normalized spacial score (nSPS) is 10.8. The molecule has 0 rings (SSSR count). The Labute approximate surface area is 129 Å². The Morgan fingerprint density at radius 2 is 1.05 bits per heavy atom. The fourth-order valence-corrected chi connectivity index (χ4v) is 2.38. The molecular formula is C17H34O4. The third-order valence-electron chi connectivity index (χ3n) is 3.64. The van der Waals surface area contributed by atoms with Gasteiger partial charge in [-0.1, -0.05) is 64.2 Å². The van der Waals surface area contributed by atoms with Gasteiger partial charge in [0.1, 0.15) is 6.61 Å². The fraction of sp³-hybridized carbons (Fsp3) is 0.941. The van der Waals surface area contributed by atoms with Crippen LogP contribution in [0.15, 0.2) is 0 Å². The molecule has 0 fully saturated rings. The molecule has 0 aromatic carbocycles.